The van der Waals surface area contributed by atoms with Crippen LogP contribution in [0.3, 0.4) is 0 Å². The van der Waals surface area contributed by atoms with Crippen molar-refractivity contribution in [3.05, 3.63) is 94.0 Å². The van der Waals surface area contributed by atoms with Crippen molar-refractivity contribution in [3.8, 4) is 5.75 Å². The summed E-state index contributed by atoms with van der Waals surface area (Å²) in [6.45, 7) is 3.52. The summed E-state index contributed by atoms with van der Waals surface area (Å²) in [5.74, 6) is -0.801. The smallest absolute Gasteiger partial charge is 0.338 e. The molecule has 4 rings (SSSR count). The number of methoxy groups -OCH3 is 1. The number of nitrogens with one attached hydrogen (secondary N) is 1. The number of benzene rings is 3. The third-order valence-electron chi connectivity index (χ3n) is 5.14. The van der Waals surface area contributed by atoms with E-state index in [4.69, 9.17) is 21.1 Å². The molecule has 0 saturated carbocycles. The molecule has 1 aliphatic rings. The van der Waals surface area contributed by atoms with E-state index < -0.39 is 17.8 Å². The largest absolute Gasteiger partial charge is 0.497 e. The molecular weight excluding hydrogens is 500 g/mol. The van der Waals surface area contributed by atoms with Gasteiger partial charge in [-0.25, -0.2) is 9.69 Å². The van der Waals surface area contributed by atoms with Gasteiger partial charge in [-0.1, -0.05) is 23.4 Å². The molecule has 0 aromatic heterocycles. The first-order chi connectivity index (χ1) is 17.3. The van der Waals surface area contributed by atoms with Crippen molar-refractivity contribution in [2.75, 3.05) is 17.3 Å². The topological polar surface area (TPSA) is 84.9 Å². The van der Waals surface area contributed by atoms with Gasteiger partial charge in [0.25, 0.3) is 11.8 Å². The number of amides is 2. The molecule has 2 amide bonds. The number of carbonyl (C=O) groups is 3. The Bertz CT molecular complexity index is 1320. The van der Waals surface area contributed by atoms with E-state index in [1.807, 2.05) is 0 Å². The monoisotopic (exact) mass is 522 g/mol. The third-order valence-corrected chi connectivity index (χ3v) is 6.48. The fourth-order valence-electron chi connectivity index (χ4n) is 3.42. The van der Waals surface area contributed by atoms with Crippen LogP contribution in [0.5, 0.6) is 5.75 Å². The van der Waals surface area contributed by atoms with Crippen LogP contribution in [-0.2, 0) is 14.3 Å². The van der Waals surface area contributed by atoms with Crippen LogP contribution in [0.2, 0.25) is 5.02 Å². The SMILES string of the molecule is COc1ccc(NC2=C(Sc3ccc(Cl)cc3)C(=O)N(c3ccc(C(=O)OC(C)C)cc3)C2=O)cc1. The van der Waals surface area contributed by atoms with Gasteiger partial charge in [-0.15, -0.1) is 0 Å². The van der Waals surface area contributed by atoms with Crippen LogP contribution >= 0.6 is 23.4 Å². The lowest BCUT2D eigenvalue weighted by Gasteiger charge is -2.16. The fraction of sp³-hybridized carbons (Fsp3) is 0.148. The van der Waals surface area contributed by atoms with Crippen LogP contribution in [0.15, 0.2) is 88.3 Å². The van der Waals surface area contributed by atoms with Crippen molar-refractivity contribution < 1.29 is 23.9 Å². The van der Waals surface area contributed by atoms with Gasteiger partial charge >= 0.3 is 5.97 Å². The summed E-state index contributed by atoms with van der Waals surface area (Å²) in [6.07, 6.45) is -0.262. The molecule has 9 heteroatoms. The molecule has 0 fully saturated rings. The second-order valence-electron chi connectivity index (χ2n) is 8.06. The molecule has 0 bridgehead atoms. The number of thioether (sulfide) groups is 1. The highest BCUT2D eigenvalue weighted by Gasteiger charge is 2.40. The van der Waals surface area contributed by atoms with Gasteiger partial charge in [0.15, 0.2) is 0 Å². The Morgan fingerprint density at radius 1 is 0.917 bits per heavy atom. The van der Waals surface area contributed by atoms with E-state index in [0.29, 0.717) is 27.7 Å². The normalized spacial score (nSPS) is 13.4. The van der Waals surface area contributed by atoms with E-state index in [2.05, 4.69) is 5.32 Å². The molecule has 0 aliphatic carbocycles. The molecule has 0 atom stereocenters. The Balaban J connectivity index is 1.66. The first-order valence-electron chi connectivity index (χ1n) is 11.1. The Kier molecular flexibility index (Phi) is 7.67. The minimum atomic E-state index is -0.509. The minimum absolute atomic E-state index is 0.147. The molecule has 0 unspecified atom stereocenters. The molecule has 184 valence electrons. The fourth-order valence-corrected chi connectivity index (χ4v) is 4.47. The number of nitrogens with zero attached hydrogens (tertiary/aromatic N) is 1. The number of halogens is 1. The zero-order valence-corrected chi connectivity index (χ0v) is 21.4. The van der Waals surface area contributed by atoms with Gasteiger partial charge in [0, 0.05) is 15.6 Å². The van der Waals surface area contributed by atoms with Gasteiger partial charge in [-0.3, -0.25) is 9.59 Å². The second-order valence-corrected chi connectivity index (χ2v) is 9.58. The number of hydrogen-bond acceptors (Lipinski definition) is 7. The standard InChI is InChI=1S/C27H23ClN2O5S/c1-16(2)35-27(33)17-4-10-20(11-5-17)30-25(31)23(29-19-8-12-21(34-3)13-9-19)24(26(30)32)36-22-14-6-18(28)7-15-22/h4-16,29H,1-3H3. The van der Waals surface area contributed by atoms with Crippen molar-refractivity contribution in [1.29, 1.82) is 0 Å². The Hall–Kier alpha value is -3.75. The number of hydrogen-bond donors (Lipinski definition) is 1. The lowest BCUT2D eigenvalue weighted by Crippen LogP contribution is -2.32. The van der Waals surface area contributed by atoms with E-state index >= 15 is 0 Å². The van der Waals surface area contributed by atoms with E-state index in [1.165, 1.54) is 23.9 Å². The molecule has 3 aromatic rings. The first kappa shape index (κ1) is 25.3. The zero-order valence-electron chi connectivity index (χ0n) is 19.8. The van der Waals surface area contributed by atoms with E-state index in [9.17, 15) is 14.4 Å². The van der Waals surface area contributed by atoms with Crippen molar-refractivity contribution in [2.45, 2.75) is 24.8 Å². The van der Waals surface area contributed by atoms with Gasteiger partial charge in [0.2, 0.25) is 0 Å². The summed E-state index contributed by atoms with van der Waals surface area (Å²) in [5.41, 5.74) is 1.43. The summed E-state index contributed by atoms with van der Waals surface area (Å²) in [5, 5.41) is 3.66. The summed E-state index contributed by atoms with van der Waals surface area (Å²) in [7, 11) is 1.57. The zero-order chi connectivity index (χ0) is 25.8. The van der Waals surface area contributed by atoms with Crippen LogP contribution in [0.4, 0.5) is 11.4 Å². The highest BCUT2D eigenvalue weighted by atomic mass is 35.5. The molecular formula is C27H23ClN2O5S. The Morgan fingerprint density at radius 2 is 1.56 bits per heavy atom. The quantitative estimate of drug-likeness (QED) is 0.291. The highest BCUT2D eigenvalue weighted by molar-refractivity contribution is 8.04. The molecule has 0 spiro atoms. The lowest BCUT2D eigenvalue weighted by molar-refractivity contribution is -0.120. The second kappa shape index (κ2) is 10.9. The van der Waals surface area contributed by atoms with Crippen molar-refractivity contribution >= 4 is 52.5 Å². The average Bonchev–Trinajstić information content (AvgIpc) is 3.09. The molecule has 0 radical (unpaired) electrons. The molecule has 1 heterocycles. The molecule has 0 saturated heterocycles. The average molecular weight is 523 g/mol. The Morgan fingerprint density at radius 3 is 2.14 bits per heavy atom. The summed E-state index contributed by atoms with van der Waals surface area (Å²) >= 11 is 7.17. The number of carbonyl (C=O) groups excluding carboxylic acids is 3. The van der Waals surface area contributed by atoms with Crippen LogP contribution in [0.1, 0.15) is 24.2 Å². The van der Waals surface area contributed by atoms with E-state index in [1.54, 1.807) is 81.6 Å². The maximum absolute atomic E-state index is 13.5. The first-order valence-corrected chi connectivity index (χ1v) is 12.2. The predicted molar refractivity (Wildman–Crippen MR) is 140 cm³/mol. The molecule has 1 aliphatic heterocycles. The number of ether oxygens (including phenoxy) is 2. The molecule has 1 N–H and O–H groups in total. The van der Waals surface area contributed by atoms with Gasteiger partial charge in [-0.05, 0) is 86.6 Å². The van der Waals surface area contributed by atoms with Crippen LogP contribution in [0.25, 0.3) is 0 Å². The number of esters is 1. The van der Waals surface area contributed by atoms with Crippen LogP contribution in [-0.4, -0.2) is 31.0 Å². The van der Waals surface area contributed by atoms with Crippen molar-refractivity contribution in [3.63, 3.8) is 0 Å². The molecule has 3 aromatic carbocycles. The van der Waals surface area contributed by atoms with Gasteiger partial charge in [0.05, 0.1) is 24.5 Å². The van der Waals surface area contributed by atoms with Crippen molar-refractivity contribution in [2.24, 2.45) is 0 Å². The van der Waals surface area contributed by atoms with Crippen LogP contribution < -0.4 is 15.0 Å². The summed E-state index contributed by atoms with van der Waals surface area (Å²) in [6, 6.07) is 20.2. The van der Waals surface area contributed by atoms with Gasteiger partial charge in [-0.2, -0.15) is 0 Å². The molecule has 36 heavy (non-hydrogen) atoms. The van der Waals surface area contributed by atoms with E-state index in [-0.39, 0.29) is 16.7 Å². The van der Waals surface area contributed by atoms with Crippen LogP contribution in [0, 0.1) is 0 Å². The lowest BCUT2D eigenvalue weighted by atomic mass is 10.2. The Labute approximate surface area is 218 Å². The summed E-state index contributed by atoms with van der Waals surface area (Å²) in [4.78, 5) is 41.3. The van der Waals surface area contributed by atoms with Crippen molar-refractivity contribution in [1.82, 2.24) is 0 Å². The number of imide groups is 1. The third kappa shape index (κ3) is 5.56. The predicted octanol–water partition coefficient (Wildman–Crippen LogP) is 5.90. The number of anilines is 2. The highest BCUT2D eigenvalue weighted by Crippen LogP contribution is 2.38. The maximum atomic E-state index is 13.5. The van der Waals surface area contributed by atoms with Gasteiger partial charge < -0.3 is 14.8 Å². The number of rotatable bonds is 8. The minimum Gasteiger partial charge on any atom is -0.497 e. The maximum Gasteiger partial charge on any atom is 0.338 e. The molecule has 7 nitrogen and oxygen atoms in total. The van der Waals surface area contributed by atoms with E-state index in [0.717, 1.165) is 9.80 Å². The van der Waals surface area contributed by atoms with Gasteiger partial charge in [0.1, 0.15) is 16.4 Å². The summed E-state index contributed by atoms with van der Waals surface area (Å²) < 4.78 is 10.4.